The molecule has 4 heteroatoms. The minimum Gasteiger partial charge on any atom is -0.480 e. The van der Waals surface area contributed by atoms with Crippen molar-refractivity contribution in [3.63, 3.8) is 0 Å². The SMILES string of the molecule is NC(Cc1cccc(C[18F])c1)C(=O)O. The van der Waals surface area contributed by atoms with Crippen LogP contribution in [0.3, 0.4) is 0 Å². The number of halogens is 1. The van der Waals surface area contributed by atoms with Crippen LogP contribution in [0.2, 0.25) is 0 Å². The fraction of sp³-hybridized carbons (Fsp3) is 0.300. The topological polar surface area (TPSA) is 63.3 Å². The Kier molecular flexibility index (Phi) is 3.59. The van der Waals surface area contributed by atoms with Crippen molar-refractivity contribution in [3.8, 4) is 0 Å². The lowest BCUT2D eigenvalue weighted by atomic mass is 10.0. The van der Waals surface area contributed by atoms with E-state index in [2.05, 4.69) is 0 Å². The Balaban J connectivity index is 2.71. The zero-order chi connectivity index (χ0) is 10.6. The third-order valence-corrected chi connectivity index (χ3v) is 1.92. The second kappa shape index (κ2) is 4.72. The molecule has 76 valence electrons. The molecule has 0 spiro atoms. The van der Waals surface area contributed by atoms with Gasteiger partial charge in [0, 0.05) is 0 Å². The van der Waals surface area contributed by atoms with Crippen LogP contribution in [0.1, 0.15) is 11.1 Å². The van der Waals surface area contributed by atoms with Crippen LogP contribution in [0.5, 0.6) is 0 Å². The van der Waals surface area contributed by atoms with E-state index in [0.717, 1.165) is 5.56 Å². The van der Waals surface area contributed by atoms with Gasteiger partial charge in [-0.1, -0.05) is 24.3 Å². The predicted octanol–water partition coefficient (Wildman–Crippen LogP) is 1.11. The van der Waals surface area contributed by atoms with Gasteiger partial charge in [0.15, 0.2) is 0 Å². The standard InChI is InChI=1S/C10H12FNO2/c11-6-8-3-1-2-7(4-8)5-9(12)10(13)14/h1-4,9H,5-6,12H2,(H,13,14)/i11-1. The van der Waals surface area contributed by atoms with Crippen molar-refractivity contribution in [2.75, 3.05) is 0 Å². The third kappa shape index (κ3) is 2.81. The maximum Gasteiger partial charge on any atom is 0.320 e. The Labute approximate surface area is 81.4 Å². The number of hydrogen-bond acceptors (Lipinski definition) is 2. The molecule has 0 bridgehead atoms. The van der Waals surface area contributed by atoms with Gasteiger partial charge >= 0.3 is 5.97 Å². The Morgan fingerprint density at radius 2 is 2.14 bits per heavy atom. The molecular formula is C10H12FNO2. The Bertz CT molecular complexity index is 328. The number of rotatable bonds is 4. The van der Waals surface area contributed by atoms with Gasteiger partial charge in [0.1, 0.15) is 12.7 Å². The van der Waals surface area contributed by atoms with Gasteiger partial charge < -0.3 is 10.8 Å². The van der Waals surface area contributed by atoms with Crippen molar-refractivity contribution in [2.24, 2.45) is 5.73 Å². The summed E-state index contributed by atoms with van der Waals surface area (Å²) in [5.74, 6) is -1.05. The summed E-state index contributed by atoms with van der Waals surface area (Å²) in [4.78, 5) is 10.5. The molecule has 1 atom stereocenters. The highest BCUT2D eigenvalue weighted by atomic mass is 18.2. The highest BCUT2D eigenvalue weighted by Gasteiger charge is 2.11. The number of aliphatic carboxylic acids is 1. The number of benzene rings is 1. The molecule has 14 heavy (non-hydrogen) atoms. The molecule has 0 saturated heterocycles. The molecule has 0 aromatic heterocycles. The first-order valence-corrected chi connectivity index (χ1v) is 4.25. The number of carboxylic acids is 1. The predicted molar refractivity (Wildman–Crippen MR) is 50.6 cm³/mol. The molecule has 1 aromatic carbocycles. The van der Waals surface area contributed by atoms with Crippen molar-refractivity contribution in [1.29, 1.82) is 0 Å². The molecule has 0 saturated carbocycles. The van der Waals surface area contributed by atoms with Crippen LogP contribution in [0.4, 0.5) is 4.39 Å². The molecule has 3 nitrogen and oxygen atoms in total. The van der Waals surface area contributed by atoms with E-state index in [1.165, 1.54) is 0 Å². The fourth-order valence-electron chi connectivity index (χ4n) is 1.18. The van der Waals surface area contributed by atoms with Gasteiger partial charge in [-0.05, 0) is 17.5 Å². The summed E-state index contributed by atoms with van der Waals surface area (Å²) >= 11 is 0. The van der Waals surface area contributed by atoms with Gasteiger partial charge in [-0.3, -0.25) is 4.79 Å². The average molecular weight is 196 g/mol. The summed E-state index contributed by atoms with van der Waals surface area (Å²) in [5.41, 5.74) is 6.63. The van der Waals surface area contributed by atoms with E-state index in [9.17, 15) is 9.18 Å². The quantitative estimate of drug-likeness (QED) is 0.758. The van der Waals surface area contributed by atoms with E-state index < -0.39 is 18.7 Å². The Morgan fingerprint density at radius 1 is 1.50 bits per heavy atom. The summed E-state index contributed by atoms with van der Waals surface area (Å²) in [6.07, 6.45) is 0.225. The molecule has 0 aliphatic rings. The fourth-order valence-corrected chi connectivity index (χ4v) is 1.18. The second-order valence-corrected chi connectivity index (χ2v) is 3.10. The summed E-state index contributed by atoms with van der Waals surface area (Å²) in [5, 5.41) is 8.57. The summed E-state index contributed by atoms with van der Waals surface area (Å²) < 4.78 is 12.3. The highest BCUT2D eigenvalue weighted by molar-refractivity contribution is 5.73. The zero-order valence-electron chi connectivity index (χ0n) is 7.61. The van der Waals surface area contributed by atoms with E-state index in [1.807, 2.05) is 0 Å². The lowest BCUT2D eigenvalue weighted by Crippen LogP contribution is -2.32. The Morgan fingerprint density at radius 3 is 2.71 bits per heavy atom. The van der Waals surface area contributed by atoms with Gasteiger partial charge in [-0.15, -0.1) is 0 Å². The monoisotopic (exact) mass is 196 g/mol. The van der Waals surface area contributed by atoms with E-state index in [0.29, 0.717) is 5.56 Å². The van der Waals surface area contributed by atoms with Gasteiger partial charge in [-0.2, -0.15) is 0 Å². The largest absolute Gasteiger partial charge is 0.480 e. The van der Waals surface area contributed by atoms with E-state index in [4.69, 9.17) is 10.8 Å². The lowest BCUT2D eigenvalue weighted by Gasteiger charge is -2.06. The molecule has 0 amide bonds. The van der Waals surface area contributed by atoms with Crippen LogP contribution >= 0.6 is 0 Å². The van der Waals surface area contributed by atoms with E-state index in [1.54, 1.807) is 24.3 Å². The van der Waals surface area contributed by atoms with Crippen LogP contribution in [0.15, 0.2) is 24.3 Å². The van der Waals surface area contributed by atoms with Crippen LogP contribution in [-0.2, 0) is 17.9 Å². The van der Waals surface area contributed by atoms with E-state index >= 15 is 0 Å². The van der Waals surface area contributed by atoms with Crippen molar-refractivity contribution < 1.29 is 14.3 Å². The van der Waals surface area contributed by atoms with Crippen LogP contribution < -0.4 is 5.73 Å². The van der Waals surface area contributed by atoms with Crippen molar-refractivity contribution in [3.05, 3.63) is 35.4 Å². The van der Waals surface area contributed by atoms with Crippen molar-refractivity contribution in [1.82, 2.24) is 0 Å². The maximum atomic E-state index is 12.3. The van der Waals surface area contributed by atoms with Crippen LogP contribution in [0, 0.1) is 0 Å². The molecule has 1 unspecified atom stereocenters. The van der Waals surface area contributed by atoms with Crippen LogP contribution in [0.25, 0.3) is 0 Å². The molecule has 0 radical (unpaired) electrons. The average Bonchev–Trinajstić information content (AvgIpc) is 2.18. The number of alkyl halides is 1. The molecule has 1 aromatic rings. The molecule has 0 aliphatic carbocycles. The first kappa shape index (κ1) is 10.7. The number of carbonyl (C=O) groups is 1. The zero-order valence-corrected chi connectivity index (χ0v) is 7.61. The van der Waals surface area contributed by atoms with Gasteiger partial charge in [0.2, 0.25) is 0 Å². The number of carboxylic acid groups (broad SMARTS) is 1. The minimum absolute atomic E-state index is 0.225. The molecule has 1 rings (SSSR count). The highest BCUT2D eigenvalue weighted by Crippen LogP contribution is 2.08. The number of hydrogen-bond donors (Lipinski definition) is 2. The normalized spacial score (nSPS) is 12.4. The van der Waals surface area contributed by atoms with Crippen molar-refractivity contribution in [2.45, 2.75) is 19.1 Å². The maximum absolute atomic E-state index is 12.3. The molecule has 0 fully saturated rings. The molecular weight excluding hydrogens is 184 g/mol. The first-order chi connectivity index (χ1) is 6.63. The Hall–Kier alpha value is -1.42. The smallest absolute Gasteiger partial charge is 0.320 e. The second-order valence-electron chi connectivity index (χ2n) is 3.10. The minimum atomic E-state index is -1.05. The lowest BCUT2D eigenvalue weighted by molar-refractivity contribution is -0.138. The summed E-state index contributed by atoms with van der Waals surface area (Å²) in [7, 11) is 0. The van der Waals surface area contributed by atoms with Gasteiger partial charge in [0.25, 0.3) is 0 Å². The van der Waals surface area contributed by atoms with Gasteiger partial charge in [-0.25, -0.2) is 4.39 Å². The number of nitrogens with two attached hydrogens (primary N) is 1. The van der Waals surface area contributed by atoms with Crippen LogP contribution in [-0.4, -0.2) is 17.1 Å². The molecule has 3 N–H and O–H groups in total. The molecule has 0 aliphatic heterocycles. The molecule has 0 heterocycles. The summed E-state index contributed by atoms with van der Waals surface area (Å²) in [6, 6.07) is 5.78. The third-order valence-electron chi connectivity index (χ3n) is 1.92. The first-order valence-electron chi connectivity index (χ1n) is 4.25. The van der Waals surface area contributed by atoms with Gasteiger partial charge in [0.05, 0.1) is 0 Å². The summed E-state index contributed by atoms with van der Waals surface area (Å²) in [6.45, 7) is -0.545. The van der Waals surface area contributed by atoms with Crippen molar-refractivity contribution >= 4 is 5.97 Å². The van der Waals surface area contributed by atoms with E-state index in [-0.39, 0.29) is 6.42 Å².